The first kappa shape index (κ1) is 26.1. The highest BCUT2D eigenvalue weighted by molar-refractivity contribution is 6.74. The molecule has 34 heavy (non-hydrogen) atoms. The van der Waals surface area contributed by atoms with Gasteiger partial charge in [0, 0.05) is 12.8 Å². The average Bonchev–Trinajstić information content (AvgIpc) is 3.32. The van der Waals surface area contributed by atoms with E-state index in [0.717, 1.165) is 0 Å². The lowest BCUT2D eigenvalue weighted by molar-refractivity contribution is -0.140. The Hall–Kier alpha value is -2.55. The zero-order valence-corrected chi connectivity index (χ0v) is 21.7. The van der Waals surface area contributed by atoms with E-state index in [-0.39, 0.29) is 22.5 Å². The quantitative estimate of drug-likeness (QED) is 0.194. The lowest BCUT2D eigenvalue weighted by Crippen LogP contribution is -2.50. The van der Waals surface area contributed by atoms with Crippen molar-refractivity contribution < 1.29 is 23.1 Å². The lowest BCUT2D eigenvalue weighted by atomic mass is 9.91. The normalized spacial score (nSPS) is 23.2. The first-order valence-electron chi connectivity index (χ1n) is 11.4. The molecule has 0 amide bonds. The number of nitrogens with zero attached hydrogens (tertiary/aromatic N) is 4. The molecule has 0 bridgehead atoms. The molecule has 0 radical (unpaired) electrons. The monoisotopic (exact) mass is 491 g/mol. The van der Waals surface area contributed by atoms with Gasteiger partial charge in [-0.3, -0.25) is 9.36 Å². The third-order valence-corrected chi connectivity index (χ3v) is 11.4. The van der Waals surface area contributed by atoms with Crippen molar-refractivity contribution in [2.75, 3.05) is 12.8 Å². The molecule has 1 aliphatic rings. The minimum Gasteiger partial charge on any atom is -0.469 e. The van der Waals surface area contributed by atoms with E-state index in [9.17, 15) is 9.18 Å². The van der Waals surface area contributed by atoms with Gasteiger partial charge >= 0.3 is 12.0 Å². The van der Waals surface area contributed by atoms with Crippen molar-refractivity contribution in [1.82, 2.24) is 19.5 Å². The van der Waals surface area contributed by atoms with Gasteiger partial charge in [-0.15, -0.1) is 6.42 Å². The summed E-state index contributed by atoms with van der Waals surface area (Å²) in [6.45, 7) is 10.8. The fourth-order valence-corrected chi connectivity index (χ4v) is 5.24. The van der Waals surface area contributed by atoms with Gasteiger partial charge in [0.15, 0.2) is 30.9 Å². The summed E-state index contributed by atoms with van der Waals surface area (Å²) in [5.41, 5.74) is 5.33. The van der Waals surface area contributed by atoms with E-state index in [0.29, 0.717) is 37.6 Å². The Bertz CT molecular complexity index is 1090. The number of terminal acetylenes is 1. The van der Waals surface area contributed by atoms with Gasteiger partial charge in [-0.2, -0.15) is 14.4 Å². The third kappa shape index (κ3) is 5.09. The third-order valence-electron chi connectivity index (χ3n) is 6.91. The van der Waals surface area contributed by atoms with Crippen LogP contribution in [-0.2, 0) is 18.7 Å². The van der Waals surface area contributed by atoms with Gasteiger partial charge in [-0.05, 0) is 37.4 Å². The maximum atomic E-state index is 13.9. The van der Waals surface area contributed by atoms with Gasteiger partial charge in [0.1, 0.15) is 6.23 Å². The van der Waals surface area contributed by atoms with E-state index < -0.39 is 32.3 Å². The van der Waals surface area contributed by atoms with Crippen LogP contribution in [0.2, 0.25) is 18.1 Å². The molecule has 1 fully saturated rings. The molecule has 0 saturated carbocycles. The zero-order chi connectivity index (χ0) is 25.3. The minimum atomic E-state index is -2.21. The maximum absolute atomic E-state index is 13.9. The Kier molecular flexibility index (Phi) is 7.36. The fraction of sp³-hybridized carbons (Fsp3) is 0.652. The van der Waals surface area contributed by atoms with Crippen LogP contribution in [0.3, 0.4) is 0 Å². The van der Waals surface area contributed by atoms with Crippen LogP contribution in [0.15, 0.2) is 6.33 Å². The van der Waals surface area contributed by atoms with Gasteiger partial charge < -0.3 is 19.6 Å². The molecule has 0 spiro atoms. The van der Waals surface area contributed by atoms with Crippen LogP contribution in [0.1, 0.15) is 59.1 Å². The first-order chi connectivity index (χ1) is 15.8. The second-order valence-electron chi connectivity index (χ2n) is 10.2. The number of hydrogen-bond donors (Lipinski definition) is 1. The molecule has 3 heterocycles. The minimum absolute atomic E-state index is 0.0389. The molecule has 2 N–H and O–H groups in total. The Morgan fingerprint density at radius 1 is 1.41 bits per heavy atom. The van der Waals surface area contributed by atoms with Crippen molar-refractivity contribution in [3.8, 4) is 12.3 Å². The van der Waals surface area contributed by atoms with Crippen LogP contribution in [0.4, 0.5) is 10.2 Å². The van der Waals surface area contributed by atoms with Crippen LogP contribution < -0.4 is 5.73 Å². The number of carbonyl (C=O) groups is 1. The Morgan fingerprint density at radius 3 is 2.74 bits per heavy atom. The number of aromatic nitrogens is 4. The van der Waals surface area contributed by atoms with Gasteiger partial charge in [0.2, 0.25) is 0 Å². The number of imidazole rings is 1. The summed E-state index contributed by atoms with van der Waals surface area (Å²) in [6.07, 6.45) is 8.15. The second kappa shape index (κ2) is 9.60. The highest BCUT2D eigenvalue weighted by Gasteiger charge is 2.52. The van der Waals surface area contributed by atoms with Crippen molar-refractivity contribution in [3.05, 3.63) is 12.4 Å². The number of nitrogen functional groups attached to an aromatic ring is 1. The highest BCUT2D eigenvalue weighted by Crippen LogP contribution is 2.46. The molecule has 0 aliphatic carbocycles. The summed E-state index contributed by atoms with van der Waals surface area (Å²) in [6, 6.07) is 0. The highest BCUT2D eigenvalue weighted by atomic mass is 28.4. The SMILES string of the molecule is C#C[C@@]1(CCCCC(=O)OC)O[C@@H](n2cnc3c(N)nc(F)nc32)C[C@@H]1O[Si](C)(C)C(C)(C)C. The molecule has 11 heteroatoms. The number of ether oxygens (including phenoxy) is 2. The molecule has 0 unspecified atom stereocenters. The summed E-state index contributed by atoms with van der Waals surface area (Å²) >= 11 is 0. The van der Waals surface area contributed by atoms with E-state index in [1.807, 2.05) is 0 Å². The van der Waals surface area contributed by atoms with Gasteiger partial charge in [0.05, 0.1) is 19.5 Å². The van der Waals surface area contributed by atoms with Crippen LogP contribution in [0.25, 0.3) is 11.2 Å². The van der Waals surface area contributed by atoms with E-state index >= 15 is 0 Å². The molecule has 3 atom stereocenters. The van der Waals surface area contributed by atoms with Gasteiger partial charge in [0.25, 0.3) is 0 Å². The molecule has 3 rings (SSSR count). The molecule has 2 aromatic heterocycles. The number of unbranched alkanes of at least 4 members (excludes halogenated alkanes) is 1. The fourth-order valence-electron chi connectivity index (χ4n) is 3.89. The summed E-state index contributed by atoms with van der Waals surface area (Å²) < 4.78 is 33.5. The van der Waals surface area contributed by atoms with Crippen LogP contribution in [0.5, 0.6) is 0 Å². The largest absolute Gasteiger partial charge is 0.469 e. The molecular formula is C23H34FN5O4Si. The molecule has 9 nitrogen and oxygen atoms in total. The topological polar surface area (TPSA) is 114 Å². The van der Waals surface area contributed by atoms with Gasteiger partial charge in [-0.1, -0.05) is 26.7 Å². The summed E-state index contributed by atoms with van der Waals surface area (Å²) in [5, 5.41) is -0.0389. The zero-order valence-electron chi connectivity index (χ0n) is 20.7. The Morgan fingerprint density at radius 2 is 2.12 bits per heavy atom. The number of anilines is 1. The molecular weight excluding hydrogens is 457 g/mol. The predicted molar refractivity (Wildman–Crippen MR) is 129 cm³/mol. The molecule has 0 aromatic carbocycles. The van der Waals surface area contributed by atoms with Crippen molar-refractivity contribution in [3.63, 3.8) is 0 Å². The number of esters is 1. The predicted octanol–water partition coefficient (Wildman–Crippen LogP) is 3.96. The Labute approximate surface area is 200 Å². The van der Waals surface area contributed by atoms with E-state index in [4.69, 9.17) is 26.1 Å². The smallest absolute Gasteiger partial charge is 0.312 e. The van der Waals surface area contributed by atoms with E-state index in [1.165, 1.54) is 13.4 Å². The molecule has 186 valence electrons. The number of rotatable bonds is 8. The van der Waals surface area contributed by atoms with Crippen LogP contribution in [-0.4, -0.2) is 52.6 Å². The summed E-state index contributed by atoms with van der Waals surface area (Å²) in [5.74, 6) is 2.55. The number of hydrogen-bond acceptors (Lipinski definition) is 8. The van der Waals surface area contributed by atoms with Crippen LogP contribution >= 0.6 is 0 Å². The van der Waals surface area contributed by atoms with Crippen molar-refractivity contribution in [2.45, 2.75) is 88.9 Å². The average molecular weight is 492 g/mol. The second-order valence-corrected chi connectivity index (χ2v) is 15.0. The van der Waals surface area contributed by atoms with Crippen molar-refractivity contribution in [2.24, 2.45) is 0 Å². The number of methoxy groups -OCH3 is 1. The Balaban J connectivity index is 1.93. The number of fused-ring (bicyclic) bond motifs is 1. The summed E-state index contributed by atoms with van der Waals surface area (Å²) in [7, 11) is -0.844. The van der Waals surface area contributed by atoms with Gasteiger partial charge in [-0.25, -0.2) is 4.98 Å². The number of nitrogens with two attached hydrogens (primary N) is 1. The maximum Gasteiger partial charge on any atom is 0.312 e. The van der Waals surface area contributed by atoms with E-state index in [1.54, 1.807) is 4.57 Å². The summed E-state index contributed by atoms with van der Waals surface area (Å²) in [4.78, 5) is 23.2. The lowest BCUT2D eigenvalue weighted by Gasteiger charge is -2.41. The van der Waals surface area contributed by atoms with Crippen LogP contribution in [0, 0.1) is 18.4 Å². The number of halogens is 1. The molecule has 2 aromatic rings. The molecule has 1 saturated heterocycles. The molecule has 1 aliphatic heterocycles. The number of carbonyl (C=O) groups excluding carboxylic acids is 1. The van der Waals surface area contributed by atoms with Crippen molar-refractivity contribution >= 4 is 31.3 Å². The van der Waals surface area contributed by atoms with Crippen molar-refractivity contribution in [1.29, 1.82) is 0 Å². The van der Waals surface area contributed by atoms with E-state index in [2.05, 4.69) is 54.7 Å². The standard InChI is InChI=1S/C23H34FN5O4Si/c1-8-23(12-10-9-11-17(30)31-5)15(33-34(6,7)22(2,3)4)13-16(32-23)29-14-26-18-19(25)27-21(24)28-20(18)29/h1,14-16H,9-13H2,2-7H3,(H2,25,27,28)/t15-,16+,23-/m0/s1. The first-order valence-corrected chi connectivity index (χ1v) is 14.3.